The predicted octanol–water partition coefficient (Wildman–Crippen LogP) is 3.00. The number of fused-ring (bicyclic) bond motifs is 1. The number of nitriles is 2. The summed E-state index contributed by atoms with van der Waals surface area (Å²) in [4.78, 5) is 10.6. The van der Waals surface area contributed by atoms with Gasteiger partial charge in [-0.2, -0.15) is 10.5 Å². The highest BCUT2D eigenvalue weighted by Gasteiger charge is 2.19. The lowest BCUT2D eigenvalue weighted by Gasteiger charge is -2.05. The molecule has 8 heteroatoms. The van der Waals surface area contributed by atoms with Gasteiger partial charge in [-0.3, -0.25) is 0 Å². The second kappa shape index (κ2) is 6.93. The summed E-state index contributed by atoms with van der Waals surface area (Å²) in [5.41, 5.74) is 6.90. The van der Waals surface area contributed by atoms with Crippen LogP contribution in [0.5, 0.6) is 0 Å². The number of rotatable bonds is 5. The Bertz CT molecular complexity index is 944. The summed E-state index contributed by atoms with van der Waals surface area (Å²) in [6.07, 6.45) is 0.593. The third-order valence-electron chi connectivity index (χ3n) is 3.34. The van der Waals surface area contributed by atoms with Gasteiger partial charge in [0, 0.05) is 15.8 Å². The fraction of sp³-hybridized carbons (Fsp3) is 0.250. The van der Waals surface area contributed by atoms with Crippen molar-refractivity contribution in [2.75, 3.05) is 5.32 Å². The molecule has 3 heterocycles. The van der Waals surface area contributed by atoms with Gasteiger partial charge in [0.1, 0.15) is 23.5 Å². The van der Waals surface area contributed by atoms with Gasteiger partial charge in [-0.05, 0) is 24.8 Å². The molecule has 0 aliphatic carbocycles. The fourth-order valence-electron chi connectivity index (χ4n) is 2.33. The van der Waals surface area contributed by atoms with E-state index in [9.17, 15) is 10.5 Å². The highest BCUT2D eigenvalue weighted by Crippen LogP contribution is 2.35. The van der Waals surface area contributed by atoms with E-state index in [1.54, 1.807) is 11.3 Å². The van der Waals surface area contributed by atoms with Gasteiger partial charge >= 0.3 is 0 Å². The van der Waals surface area contributed by atoms with Crippen molar-refractivity contribution in [1.29, 1.82) is 10.5 Å². The Kier molecular flexibility index (Phi) is 4.72. The van der Waals surface area contributed by atoms with Crippen LogP contribution in [-0.4, -0.2) is 16.0 Å². The number of nitrogens with one attached hydrogen (secondary N) is 1. The van der Waals surface area contributed by atoms with Crippen LogP contribution in [-0.2, 0) is 13.0 Å². The Balaban J connectivity index is 2.08. The summed E-state index contributed by atoms with van der Waals surface area (Å²) < 4.78 is 0.790. The van der Waals surface area contributed by atoms with Crippen LogP contribution in [0.1, 0.15) is 28.1 Å². The van der Waals surface area contributed by atoms with E-state index in [1.165, 1.54) is 11.3 Å². The van der Waals surface area contributed by atoms with Gasteiger partial charge in [0.2, 0.25) is 5.82 Å². The van der Waals surface area contributed by atoms with Crippen LogP contribution < -0.4 is 11.1 Å². The molecule has 3 rings (SSSR count). The van der Waals surface area contributed by atoms with E-state index < -0.39 is 0 Å². The molecule has 0 bridgehead atoms. The lowest BCUT2D eigenvalue weighted by atomic mass is 10.1. The van der Waals surface area contributed by atoms with Gasteiger partial charge in [0.05, 0.1) is 16.8 Å². The van der Waals surface area contributed by atoms with Gasteiger partial charge in [-0.25, -0.2) is 9.97 Å². The van der Waals surface area contributed by atoms with Crippen molar-refractivity contribution >= 4 is 38.7 Å². The first-order valence-corrected chi connectivity index (χ1v) is 8.97. The molecule has 0 saturated heterocycles. The molecule has 0 amide bonds. The standard InChI is InChI=1S/C16H14N6S2/c1-9(19)5-12-11(6-17)14-15(24-12)16(22-13(7-18)21-14)20-8-10-3-2-4-23-10/h2-4,9H,5,8,19H2,1H3,(H,20,21,22). The van der Waals surface area contributed by atoms with Gasteiger partial charge < -0.3 is 11.1 Å². The number of anilines is 1. The summed E-state index contributed by atoms with van der Waals surface area (Å²) in [7, 11) is 0. The molecule has 0 aromatic carbocycles. The second-order valence-corrected chi connectivity index (χ2v) is 7.45. The Morgan fingerprint density at radius 3 is 2.79 bits per heavy atom. The molecular formula is C16H14N6S2. The van der Waals surface area contributed by atoms with Gasteiger partial charge in [0.15, 0.2) is 0 Å². The first-order chi connectivity index (χ1) is 11.6. The van der Waals surface area contributed by atoms with Crippen LogP contribution in [0, 0.1) is 22.7 Å². The Morgan fingerprint density at radius 2 is 2.17 bits per heavy atom. The van der Waals surface area contributed by atoms with Gasteiger partial charge in [-0.1, -0.05) is 6.07 Å². The third kappa shape index (κ3) is 3.22. The molecule has 120 valence electrons. The van der Waals surface area contributed by atoms with E-state index >= 15 is 0 Å². The van der Waals surface area contributed by atoms with Crippen molar-refractivity contribution < 1.29 is 0 Å². The summed E-state index contributed by atoms with van der Waals surface area (Å²) in [5, 5.41) is 24.0. The minimum Gasteiger partial charge on any atom is -0.364 e. The molecule has 3 aromatic heterocycles. The van der Waals surface area contributed by atoms with Crippen LogP contribution >= 0.6 is 22.7 Å². The molecular weight excluding hydrogens is 340 g/mol. The topological polar surface area (TPSA) is 111 Å². The number of nitrogens with zero attached hydrogens (tertiary/aromatic N) is 4. The van der Waals surface area contributed by atoms with Crippen LogP contribution in [0.4, 0.5) is 5.82 Å². The predicted molar refractivity (Wildman–Crippen MR) is 95.8 cm³/mol. The number of hydrogen-bond donors (Lipinski definition) is 2. The van der Waals surface area contributed by atoms with E-state index in [1.807, 2.05) is 30.5 Å². The van der Waals surface area contributed by atoms with Crippen LogP contribution in [0.25, 0.3) is 10.2 Å². The first kappa shape index (κ1) is 16.3. The number of nitrogens with two attached hydrogens (primary N) is 1. The van der Waals surface area contributed by atoms with Crippen molar-refractivity contribution in [3.8, 4) is 12.1 Å². The molecule has 1 unspecified atom stereocenters. The van der Waals surface area contributed by atoms with Crippen molar-refractivity contribution in [3.05, 3.63) is 38.7 Å². The van der Waals surface area contributed by atoms with Crippen LogP contribution in [0.3, 0.4) is 0 Å². The Hall–Kier alpha value is -2.52. The average molecular weight is 354 g/mol. The zero-order chi connectivity index (χ0) is 17.1. The molecule has 3 aromatic rings. The summed E-state index contributed by atoms with van der Waals surface area (Å²) >= 11 is 3.11. The fourth-order valence-corrected chi connectivity index (χ4v) is 4.27. The maximum absolute atomic E-state index is 9.51. The molecule has 1 atom stereocenters. The van der Waals surface area contributed by atoms with E-state index in [0.29, 0.717) is 29.9 Å². The maximum atomic E-state index is 9.51. The number of hydrogen-bond acceptors (Lipinski definition) is 8. The number of thiophene rings is 2. The maximum Gasteiger partial charge on any atom is 0.234 e. The lowest BCUT2D eigenvalue weighted by molar-refractivity contribution is 0.746. The zero-order valence-electron chi connectivity index (χ0n) is 12.9. The van der Waals surface area contributed by atoms with Crippen molar-refractivity contribution in [1.82, 2.24) is 9.97 Å². The SMILES string of the molecule is CC(N)Cc1sc2c(NCc3cccs3)nc(C#N)nc2c1C#N. The van der Waals surface area contributed by atoms with Crippen molar-refractivity contribution in [3.63, 3.8) is 0 Å². The van der Waals surface area contributed by atoms with Crippen LogP contribution in [0.15, 0.2) is 17.5 Å². The summed E-state index contributed by atoms with van der Waals surface area (Å²) in [6.45, 7) is 2.50. The first-order valence-electron chi connectivity index (χ1n) is 7.27. The third-order valence-corrected chi connectivity index (χ3v) is 5.42. The summed E-state index contributed by atoms with van der Waals surface area (Å²) in [5.74, 6) is 0.639. The lowest BCUT2D eigenvalue weighted by Crippen LogP contribution is -2.17. The smallest absolute Gasteiger partial charge is 0.234 e. The van der Waals surface area contributed by atoms with E-state index in [2.05, 4.69) is 21.4 Å². The summed E-state index contributed by atoms with van der Waals surface area (Å²) in [6, 6.07) is 8.12. The minimum absolute atomic E-state index is 0.0535. The molecule has 24 heavy (non-hydrogen) atoms. The Labute approximate surface area is 147 Å². The Morgan fingerprint density at radius 1 is 1.33 bits per heavy atom. The van der Waals surface area contributed by atoms with E-state index in [-0.39, 0.29) is 11.9 Å². The molecule has 0 fully saturated rings. The van der Waals surface area contributed by atoms with E-state index in [4.69, 9.17) is 5.73 Å². The molecule has 0 spiro atoms. The molecule has 6 nitrogen and oxygen atoms in total. The molecule has 0 radical (unpaired) electrons. The molecule has 0 aliphatic rings. The molecule has 3 N–H and O–H groups in total. The second-order valence-electron chi connectivity index (χ2n) is 5.31. The average Bonchev–Trinajstić information content (AvgIpc) is 3.18. The highest BCUT2D eigenvalue weighted by molar-refractivity contribution is 7.19. The van der Waals surface area contributed by atoms with Crippen molar-refractivity contribution in [2.45, 2.75) is 25.9 Å². The highest BCUT2D eigenvalue weighted by atomic mass is 32.1. The van der Waals surface area contributed by atoms with Gasteiger partial charge in [0.25, 0.3) is 0 Å². The molecule has 0 saturated carbocycles. The largest absolute Gasteiger partial charge is 0.364 e. The molecule has 0 aliphatic heterocycles. The minimum atomic E-state index is -0.0592. The van der Waals surface area contributed by atoms with Gasteiger partial charge in [-0.15, -0.1) is 22.7 Å². The van der Waals surface area contributed by atoms with Crippen molar-refractivity contribution in [2.24, 2.45) is 5.73 Å². The van der Waals surface area contributed by atoms with Crippen LogP contribution in [0.2, 0.25) is 0 Å². The van der Waals surface area contributed by atoms with E-state index in [0.717, 1.165) is 14.5 Å². The quantitative estimate of drug-likeness (QED) is 0.728. The zero-order valence-corrected chi connectivity index (χ0v) is 14.5. The normalized spacial score (nSPS) is 11.8. The monoisotopic (exact) mass is 354 g/mol. The number of aromatic nitrogens is 2.